The zero-order valence-corrected chi connectivity index (χ0v) is 10.4. The van der Waals surface area contributed by atoms with E-state index < -0.39 is 0 Å². The molecule has 1 aliphatic heterocycles. The van der Waals surface area contributed by atoms with Gasteiger partial charge in [-0.1, -0.05) is 36.4 Å². The number of hydrogen-bond acceptors (Lipinski definition) is 2. The molecular weight excluding hydrogens is 220 g/mol. The van der Waals surface area contributed by atoms with E-state index in [1.807, 2.05) is 12.1 Å². The Bertz CT molecular complexity index is 525. The van der Waals surface area contributed by atoms with Gasteiger partial charge in [0.15, 0.2) is 0 Å². The van der Waals surface area contributed by atoms with Crippen molar-refractivity contribution in [1.82, 2.24) is 5.32 Å². The Morgan fingerprint density at radius 2 is 1.83 bits per heavy atom. The third-order valence-electron chi connectivity index (χ3n) is 3.66. The first-order valence-electron chi connectivity index (χ1n) is 6.49. The van der Waals surface area contributed by atoms with Crippen LogP contribution in [0.1, 0.15) is 17.9 Å². The Labute approximate surface area is 108 Å². The van der Waals surface area contributed by atoms with Crippen LogP contribution in [0, 0.1) is 0 Å². The lowest BCUT2D eigenvalue weighted by molar-refractivity contribution is 0.764. The minimum Gasteiger partial charge on any atom is -0.399 e. The number of nitrogens with two attached hydrogens (primary N) is 1. The first kappa shape index (κ1) is 11.3. The quantitative estimate of drug-likeness (QED) is 0.789. The van der Waals surface area contributed by atoms with Crippen molar-refractivity contribution in [2.45, 2.75) is 12.3 Å². The van der Waals surface area contributed by atoms with Crippen LogP contribution >= 0.6 is 0 Å². The monoisotopic (exact) mass is 238 g/mol. The standard InChI is InChI=1S/C16H18N2/c17-16-6-4-12(5-7-16)13-2-1-3-14(10-13)15-8-9-18-11-15/h1-7,10,15,18H,8-9,11,17H2. The van der Waals surface area contributed by atoms with Gasteiger partial charge in [-0.05, 0) is 47.7 Å². The average Bonchev–Trinajstić information content (AvgIpc) is 2.94. The molecule has 0 radical (unpaired) electrons. The van der Waals surface area contributed by atoms with E-state index in [-0.39, 0.29) is 0 Å². The van der Waals surface area contributed by atoms with Crippen LogP contribution in [0.5, 0.6) is 0 Å². The predicted octanol–water partition coefficient (Wildman–Crippen LogP) is 3.01. The third-order valence-corrected chi connectivity index (χ3v) is 3.66. The van der Waals surface area contributed by atoms with E-state index in [0.717, 1.165) is 18.8 Å². The predicted molar refractivity (Wildman–Crippen MR) is 76.5 cm³/mol. The Morgan fingerprint density at radius 1 is 1.00 bits per heavy atom. The molecule has 0 saturated carbocycles. The summed E-state index contributed by atoms with van der Waals surface area (Å²) in [5, 5.41) is 3.42. The number of rotatable bonds is 2. The van der Waals surface area contributed by atoms with Gasteiger partial charge < -0.3 is 11.1 Å². The van der Waals surface area contributed by atoms with Crippen molar-refractivity contribution in [2.24, 2.45) is 0 Å². The molecule has 1 saturated heterocycles. The maximum atomic E-state index is 5.73. The summed E-state index contributed by atoms with van der Waals surface area (Å²) in [5.41, 5.74) is 10.5. The molecule has 0 bridgehead atoms. The topological polar surface area (TPSA) is 38.0 Å². The van der Waals surface area contributed by atoms with E-state index in [9.17, 15) is 0 Å². The van der Waals surface area contributed by atoms with Gasteiger partial charge in [-0.3, -0.25) is 0 Å². The molecule has 0 spiro atoms. The summed E-state index contributed by atoms with van der Waals surface area (Å²) in [4.78, 5) is 0. The van der Waals surface area contributed by atoms with Crippen molar-refractivity contribution >= 4 is 5.69 Å². The molecule has 92 valence electrons. The minimum absolute atomic E-state index is 0.665. The average molecular weight is 238 g/mol. The molecule has 2 nitrogen and oxygen atoms in total. The Balaban J connectivity index is 1.92. The number of benzene rings is 2. The SMILES string of the molecule is Nc1ccc(-c2cccc(C3CCNC3)c2)cc1. The van der Waals surface area contributed by atoms with Crippen molar-refractivity contribution in [2.75, 3.05) is 18.8 Å². The smallest absolute Gasteiger partial charge is 0.0314 e. The highest BCUT2D eigenvalue weighted by atomic mass is 14.9. The van der Waals surface area contributed by atoms with E-state index >= 15 is 0 Å². The van der Waals surface area contributed by atoms with Crippen LogP contribution in [0.4, 0.5) is 5.69 Å². The van der Waals surface area contributed by atoms with Gasteiger partial charge in [0.2, 0.25) is 0 Å². The summed E-state index contributed by atoms with van der Waals surface area (Å²) in [6, 6.07) is 16.9. The van der Waals surface area contributed by atoms with Crippen molar-refractivity contribution < 1.29 is 0 Å². The van der Waals surface area contributed by atoms with Gasteiger partial charge in [0.1, 0.15) is 0 Å². The first-order chi connectivity index (χ1) is 8.83. The van der Waals surface area contributed by atoms with E-state index in [1.165, 1.54) is 23.1 Å². The van der Waals surface area contributed by atoms with Crippen LogP contribution < -0.4 is 11.1 Å². The van der Waals surface area contributed by atoms with Gasteiger partial charge in [0.25, 0.3) is 0 Å². The highest BCUT2D eigenvalue weighted by Gasteiger charge is 2.16. The molecule has 1 heterocycles. The molecule has 18 heavy (non-hydrogen) atoms. The fourth-order valence-electron chi connectivity index (χ4n) is 2.59. The van der Waals surface area contributed by atoms with E-state index in [2.05, 4.69) is 41.7 Å². The molecule has 2 aromatic carbocycles. The van der Waals surface area contributed by atoms with Crippen LogP contribution in [0.2, 0.25) is 0 Å². The lowest BCUT2D eigenvalue weighted by atomic mass is 9.94. The first-order valence-corrected chi connectivity index (χ1v) is 6.49. The maximum Gasteiger partial charge on any atom is 0.0314 e. The zero-order chi connectivity index (χ0) is 12.4. The molecule has 1 aliphatic rings. The molecule has 0 amide bonds. The summed E-state index contributed by atoms with van der Waals surface area (Å²) < 4.78 is 0. The van der Waals surface area contributed by atoms with Crippen molar-refractivity contribution in [3.8, 4) is 11.1 Å². The van der Waals surface area contributed by atoms with E-state index in [0.29, 0.717) is 5.92 Å². The van der Waals surface area contributed by atoms with Gasteiger partial charge in [0.05, 0.1) is 0 Å². The lowest BCUT2D eigenvalue weighted by Gasteiger charge is -2.11. The van der Waals surface area contributed by atoms with Crippen molar-refractivity contribution in [3.05, 3.63) is 54.1 Å². The van der Waals surface area contributed by atoms with Crippen LogP contribution in [0.3, 0.4) is 0 Å². The third kappa shape index (κ3) is 2.24. The molecule has 2 heteroatoms. The molecule has 1 unspecified atom stereocenters. The molecule has 1 fully saturated rings. The van der Waals surface area contributed by atoms with Crippen LogP contribution in [-0.4, -0.2) is 13.1 Å². The van der Waals surface area contributed by atoms with Crippen LogP contribution in [0.15, 0.2) is 48.5 Å². The second kappa shape index (κ2) is 4.83. The lowest BCUT2D eigenvalue weighted by Crippen LogP contribution is -2.07. The molecule has 1 atom stereocenters. The summed E-state index contributed by atoms with van der Waals surface area (Å²) in [6.07, 6.45) is 1.24. The summed E-state index contributed by atoms with van der Waals surface area (Å²) in [7, 11) is 0. The zero-order valence-electron chi connectivity index (χ0n) is 10.4. The summed E-state index contributed by atoms with van der Waals surface area (Å²) >= 11 is 0. The highest BCUT2D eigenvalue weighted by molar-refractivity contribution is 5.66. The largest absolute Gasteiger partial charge is 0.399 e. The van der Waals surface area contributed by atoms with Crippen molar-refractivity contribution in [3.63, 3.8) is 0 Å². The number of nitrogens with one attached hydrogen (secondary N) is 1. The second-order valence-corrected chi connectivity index (χ2v) is 4.94. The maximum absolute atomic E-state index is 5.73. The van der Waals surface area contributed by atoms with E-state index in [1.54, 1.807) is 0 Å². The normalized spacial score (nSPS) is 19.0. The molecule has 3 rings (SSSR count). The second-order valence-electron chi connectivity index (χ2n) is 4.94. The van der Waals surface area contributed by atoms with E-state index in [4.69, 9.17) is 5.73 Å². The number of hydrogen-bond donors (Lipinski definition) is 2. The minimum atomic E-state index is 0.665. The van der Waals surface area contributed by atoms with Gasteiger partial charge in [-0.2, -0.15) is 0 Å². The molecular formula is C16H18N2. The summed E-state index contributed by atoms with van der Waals surface area (Å²) in [6.45, 7) is 2.24. The Morgan fingerprint density at radius 3 is 2.56 bits per heavy atom. The molecule has 3 N–H and O–H groups in total. The van der Waals surface area contributed by atoms with Gasteiger partial charge in [-0.15, -0.1) is 0 Å². The Hall–Kier alpha value is -1.80. The van der Waals surface area contributed by atoms with Crippen molar-refractivity contribution in [1.29, 1.82) is 0 Å². The molecule has 0 aliphatic carbocycles. The molecule has 0 aromatic heterocycles. The van der Waals surface area contributed by atoms with Gasteiger partial charge >= 0.3 is 0 Å². The Kier molecular flexibility index (Phi) is 3.03. The number of anilines is 1. The molecule has 2 aromatic rings. The van der Waals surface area contributed by atoms with Gasteiger partial charge in [-0.25, -0.2) is 0 Å². The highest BCUT2D eigenvalue weighted by Crippen LogP contribution is 2.27. The van der Waals surface area contributed by atoms with Gasteiger partial charge in [0, 0.05) is 12.2 Å². The fourth-order valence-corrected chi connectivity index (χ4v) is 2.59. The number of nitrogen functional groups attached to an aromatic ring is 1. The van der Waals surface area contributed by atoms with Crippen LogP contribution in [-0.2, 0) is 0 Å². The summed E-state index contributed by atoms with van der Waals surface area (Å²) in [5.74, 6) is 0.665. The fraction of sp³-hybridized carbons (Fsp3) is 0.250. The van der Waals surface area contributed by atoms with Crippen LogP contribution in [0.25, 0.3) is 11.1 Å².